The van der Waals surface area contributed by atoms with Crippen LogP contribution in [-0.2, 0) is 0 Å². The first-order chi connectivity index (χ1) is 7.21. The topological polar surface area (TPSA) is 0 Å². The van der Waals surface area contributed by atoms with Crippen molar-refractivity contribution < 1.29 is 0 Å². The second kappa shape index (κ2) is 4.72. The lowest BCUT2D eigenvalue weighted by molar-refractivity contribution is 1.67. The van der Waals surface area contributed by atoms with Crippen molar-refractivity contribution in [1.29, 1.82) is 0 Å². The summed E-state index contributed by atoms with van der Waals surface area (Å²) in [6.45, 7) is 14.4. The third-order valence-electron chi connectivity index (χ3n) is 2.84. The van der Waals surface area contributed by atoms with Gasteiger partial charge in [0.1, 0.15) is 0 Å². The second-order valence-electron chi connectivity index (χ2n) is 6.46. The quantitative estimate of drug-likeness (QED) is 0.556. The first kappa shape index (κ1) is 13.5. The van der Waals surface area contributed by atoms with E-state index in [4.69, 9.17) is 0 Å². The summed E-state index contributed by atoms with van der Waals surface area (Å²) in [5.74, 6) is 0. The van der Waals surface area contributed by atoms with Crippen LogP contribution in [0.25, 0.3) is 0 Å². The van der Waals surface area contributed by atoms with Gasteiger partial charge >= 0.3 is 0 Å². The van der Waals surface area contributed by atoms with Crippen LogP contribution < -0.4 is 10.4 Å². The number of hydrogen-bond acceptors (Lipinski definition) is 0. The molecular formula is C14H24Si2-2. The summed E-state index contributed by atoms with van der Waals surface area (Å²) in [5.41, 5.74) is 0. The smallest absolute Gasteiger partial charge is 0.00295 e. The summed E-state index contributed by atoms with van der Waals surface area (Å²) in [6, 6.07) is 13.6. The molecule has 0 saturated carbocycles. The first-order valence-corrected chi connectivity index (χ1v) is 13.0. The van der Waals surface area contributed by atoms with Crippen LogP contribution in [0.5, 0.6) is 0 Å². The fraction of sp³-hybridized carbons (Fsp3) is 0.429. The molecule has 1 aromatic rings. The molecule has 0 nitrogen and oxygen atoms in total. The van der Waals surface area contributed by atoms with Gasteiger partial charge in [-0.1, -0.05) is 39.3 Å². The average Bonchev–Trinajstić information content (AvgIpc) is 1.96. The predicted octanol–water partition coefficient (Wildman–Crippen LogP) is 3.34. The number of hydrogen-bond donors (Lipinski definition) is 0. The fourth-order valence-corrected chi connectivity index (χ4v) is 3.97. The average molecular weight is 249 g/mol. The van der Waals surface area contributed by atoms with E-state index in [2.05, 4.69) is 75.7 Å². The van der Waals surface area contributed by atoms with Crippen molar-refractivity contribution in [3.8, 4) is 0 Å². The molecule has 0 atom stereocenters. The molecule has 0 spiro atoms. The lowest BCUT2D eigenvalue weighted by atomic mass is 10.4. The van der Waals surface area contributed by atoms with Crippen LogP contribution in [0.3, 0.4) is 0 Å². The maximum absolute atomic E-state index is 2.40. The molecule has 0 fully saturated rings. The highest BCUT2D eigenvalue weighted by molar-refractivity contribution is 6.89. The normalized spacial score (nSPS) is 12.4. The molecule has 1 aromatic carbocycles. The van der Waals surface area contributed by atoms with Crippen molar-refractivity contribution in [2.45, 2.75) is 39.3 Å². The van der Waals surface area contributed by atoms with Gasteiger partial charge in [-0.2, -0.15) is 12.1 Å². The molecule has 0 unspecified atom stereocenters. The van der Waals surface area contributed by atoms with Gasteiger partial charge in [-0.25, -0.2) is 22.5 Å². The lowest BCUT2D eigenvalue weighted by Crippen LogP contribution is -2.39. The standard InChI is InChI=1S/C14H24Si2/c1-15(2,3)13-9-7-8-10-14(12-11-13)16(4,5)6/h7-12H,1-6H3/q-2. The Bertz CT molecular complexity index is 343. The molecule has 0 aliphatic rings. The van der Waals surface area contributed by atoms with Crippen molar-refractivity contribution in [3.63, 3.8) is 0 Å². The van der Waals surface area contributed by atoms with Gasteiger partial charge in [0.05, 0.1) is 0 Å². The van der Waals surface area contributed by atoms with Gasteiger partial charge in [-0.05, 0) is 0 Å². The minimum Gasteiger partial charge on any atom is -0.267 e. The Morgan fingerprint density at radius 3 is 1.12 bits per heavy atom. The maximum atomic E-state index is 2.40. The van der Waals surface area contributed by atoms with Gasteiger partial charge in [-0.3, -0.25) is 12.1 Å². The lowest BCUT2D eigenvalue weighted by Gasteiger charge is -2.28. The van der Waals surface area contributed by atoms with E-state index in [0.29, 0.717) is 0 Å². The molecular weight excluding hydrogens is 224 g/mol. The van der Waals surface area contributed by atoms with E-state index in [1.54, 1.807) is 0 Å². The van der Waals surface area contributed by atoms with Gasteiger partial charge in [0.15, 0.2) is 0 Å². The van der Waals surface area contributed by atoms with Crippen LogP contribution in [0.1, 0.15) is 0 Å². The van der Waals surface area contributed by atoms with Gasteiger partial charge in [0.2, 0.25) is 0 Å². The van der Waals surface area contributed by atoms with Gasteiger partial charge in [0, 0.05) is 16.1 Å². The van der Waals surface area contributed by atoms with Crippen molar-refractivity contribution in [1.82, 2.24) is 0 Å². The van der Waals surface area contributed by atoms with E-state index in [9.17, 15) is 0 Å². The van der Waals surface area contributed by atoms with Crippen LogP contribution in [0, 0.1) is 0 Å². The van der Waals surface area contributed by atoms with Crippen LogP contribution >= 0.6 is 0 Å². The van der Waals surface area contributed by atoms with Crippen molar-refractivity contribution in [2.75, 3.05) is 0 Å². The summed E-state index contributed by atoms with van der Waals surface area (Å²) in [5, 5.41) is 3.07. The van der Waals surface area contributed by atoms with Crippen LogP contribution in [0.2, 0.25) is 39.3 Å². The number of rotatable bonds is 2. The van der Waals surface area contributed by atoms with E-state index >= 15 is 0 Å². The van der Waals surface area contributed by atoms with Crippen molar-refractivity contribution >= 4 is 26.5 Å². The Balaban J connectivity index is 3.28. The molecule has 0 radical (unpaired) electrons. The second-order valence-corrected chi connectivity index (χ2v) is 16.6. The SMILES string of the molecule is C[Si](C)(C)[c-]1cccc[c-]([Si](C)(C)C)cc1. The van der Waals surface area contributed by atoms with Gasteiger partial charge in [-0.15, -0.1) is 0 Å². The molecule has 0 bridgehead atoms. The Kier molecular flexibility index (Phi) is 3.97. The predicted molar refractivity (Wildman–Crippen MR) is 81.2 cm³/mol. The van der Waals surface area contributed by atoms with Gasteiger partial charge in [0.25, 0.3) is 0 Å². The Hall–Kier alpha value is -0.606. The Morgan fingerprint density at radius 2 is 0.875 bits per heavy atom. The fourth-order valence-electron chi connectivity index (χ4n) is 1.61. The summed E-state index contributed by atoms with van der Waals surface area (Å²) in [6.07, 6.45) is 0. The van der Waals surface area contributed by atoms with Gasteiger partial charge < -0.3 is 0 Å². The highest BCUT2D eigenvalue weighted by atomic mass is 28.3. The van der Waals surface area contributed by atoms with E-state index in [1.165, 1.54) is 10.4 Å². The summed E-state index contributed by atoms with van der Waals surface area (Å²) in [7, 11) is -2.38. The molecule has 0 saturated heterocycles. The Labute approximate surface area is 102 Å². The summed E-state index contributed by atoms with van der Waals surface area (Å²) >= 11 is 0. The summed E-state index contributed by atoms with van der Waals surface area (Å²) < 4.78 is 0. The van der Waals surface area contributed by atoms with Crippen molar-refractivity contribution in [2.24, 2.45) is 0 Å². The summed E-state index contributed by atoms with van der Waals surface area (Å²) in [4.78, 5) is 0. The van der Waals surface area contributed by atoms with Crippen LogP contribution in [0.4, 0.5) is 0 Å². The maximum Gasteiger partial charge on any atom is 0.00295 e. The monoisotopic (exact) mass is 248 g/mol. The van der Waals surface area contributed by atoms with Crippen LogP contribution in [0.15, 0.2) is 36.4 Å². The highest BCUT2D eigenvalue weighted by Crippen LogP contribution is 2.03. The van der Waals surface area contributed by atoms with E-state index < -0.39 is 16.1 Å². The first-order valence-electron chi connectivity index (χ1n) is 5.99. The molecule has 0 heterocycles. The zero-order chi connectivity index (χ0) is 12.4. The van der Waals surface area contributed by atoms with Crippen molar-refractivity contribution in [3.05, 3.63) is 36.4 Å². The zero-order valence-corrected chi connectivity index (χ0v) is 13.5. The molecule has 0 aromatic heterocycles. The molecule has 90 valence electrons. The molecule has 0 N–H and O–H groups in total. The highest BCUT2D eigenvalue weighted by Gasteiger charge is 2.08. The van der Waals surface area contributed by atoms with E-state index in [-0.39, 0.29) is 0 Å². The largest absolute Gasteiger partial charge is 0.267 e. The molecule has 1 rings (SSSR count). The Morgan fingerprint density at radius 1 is 0.562 bits per heavy atom. The molecule has 0 amide bonds. The third-order valence-corrected chi connectivity index (χ3v) is 6.97. The minimum absolute atomic E-state index is 1.19. The molecule has 0 aliphatic carbocycles. The molecule has 0 aliphatic heterocycles. The minimum atomic E-state index is -1.19. The van der Waals surface area contributed by atoms with E-state index in [1.807, 2.05) is 0 Å². The zero-order valence-electron chi connectivity index (χ0n) is 11.5. The molecule has 16 heavy (non-hydrogen) atoms. The third kappa shape index (κ3) is 3.76. The van der Waals surface area contributed by atoms with Crippen LogP contribution in [-0.4, -0.2) is 16.1 Å². The van der Waals surface area contributed by atoms with E-state index in [0.717, 1.165) is 0 Å². The molecule has 2 heteroatoms.